The lowest BCUT2D eigenvalue weighted by Gasteiger charge is -2.32. The highest BCUT2D eigenvalue weighted by Gasteiger charge is 2.35. The lowest BCUT2D eigenvalue weighted by Crippen LogP contribution is -2.52. The molecule has 1 saturated carbocycles. The summed E-state index contributed by atoms with van der Waals surface area (Å²) in [6, 6.07) is 7.54. The fourth-order valence-corrected chi connectivity index (χ4v) is 3.68. The first-order valence-electron chi connectivity index (χ1n) is 9.99. The van der Waals surface area contributed by atoms with Crippen molar-refractivity contribution in [1.29, 1.82) is 5.26 Å². The molecule has 7 heteroatoms. The van der Waals surface area contributed by atoms with Crippen molar-refractivity contribution in [3.8, 4) is 11.8 Å². The maximum Gasteiger partial charge on any atom is 0.375 e. The average Bonchev–Trinajstić information content (AvgIpc) is 3.05. The van der Waals surface area contributed by atoms with Crippen LogP contribution in [0.25, 0.3) is 11.0 Å². The van der Waals surface area contributed by atoms with Crippen molar-refractivity contribution >= 4 is 22.8 Å². The molecule has 2 aromatic rings. The smallest absolute Gasteiger partial charge is 0.375 e. The van der Waals surface area contributed by atoms with Gasteiger partial charge >= 0.3 is 5.97 Å². The summed E-state index contributed by atoms with van der Waals surface area (Å²) in [5, 5.41) is 13.0. The van der Waals surface area contributed by atoms with Crippen LogP contribution in [0.2, 0.25) is 0 Å². The highest BCUT2D eigenvalue weighted by molar-refractivity contribution is 5.97. The molecule has 1 amide bonds. The van der Waals surface area contributed by atoms with E-state index in [1.54, 1.807) is 19.1 Å². The Kier molecular flexibility index (Phi) is 6.12. The minimum Gasteiger partial charge on any atom is -0.494 e. The highest BCUT2D eigenvalue weighted by atomic mass is 16.6. The van der Waals surface area contributed by atoms with Gasteiger partial charge < -0.3 is 19.2 Å². The first kappa shape index (κ1) is 20.7. The molecule has 0 unspecified atom stereocenters. The molecule has 0 saturated heterocycles. The zero-order chi connectivity index (χ0) is 21.0. The summed E-state index contributed by atoms with van der Waals surface area (Å²) >= 11 is 0. The molecule has 1 N–H and O–H groups in total. The van der Waals surface area contributed by atoms with Crippen LogP contribution in [0.15, 0.2) is 22.6 Å². The number of furan rings is 1. The molecule has 29 heavy (non-hydrogen) atoms. The zero-order valence-electron chi connectivity index (χ0n) is 17.0. The van der Waals surface area contributed by atoms with E-state index >= 15 is 0 Å². The summed E-state index contributed by atoms with van der Waals surface area (Å²) in [4.78, 5) is 25.1. The van der Waals surface area contributed by atoms with Crippen molar-refractivity contribution in [3.05, 3.63) is 29.5 Å². The summed E-state index contributed by atoms with van der Waals surface area (Å²) in [5.41, 5.74) is 0.293. The minimum atomic E-state index is -1.04. The molecule has 154 valence electrons. The van der Waals surface area contributed by atoms with Gasteiger partial charge in [-0.1, -0.05) is 19.3 Å². The highest BCUT2D eigenvalue weighted by Crippen LogP contribution is 2.30. The van der Waals surface area contributed by atoms with Crippen LogP contribution < -0.4 is 10.1 Å². The molecule has 1 atom stereocenters. The van der Waals surface area contributed by atoms with Gasteiger partial charge in [0.15, 0.2) is 6.10 Å². The molecule has 1 fully saturated rings. The third-order valence-electron chi connectivity index (χ3n) is 5.34. The van der Waals surface area contributed by atoms with E-state index < -0.39 is 23.5 Å². The number of nitriles is 1. The maximum absolute atomic E-state index is 12.6. The van der Waals surface area contributed by atoms with Gasteiger partial charge in [-0.2, -0.15) is 5.26 Å². The second-order valence-electron chi connectivity index (χ2n) is 7.44. The van der Waals surface area contributed by atoms with Gasteiger partial charge in [0.25, 0.3) is 5.91 Å². The van der Waals surface area contributed by atoms with Crippen LogP contribution in [0.5, 0.6) is 5.75 Å². The van der Waals surface area contributed by atoms with Crippen molar-refractivity contribution in [2.75, 3.05) is 6.61 Å². The van der Waals surface area contributed by atoms with Gasteiger partial charge in [-0.15, -0.1) is 0 Å². The number of carbonyl (C=O) groups is 2. The largest absolute Gasteiger partial charge is 0.494 e. The average molecular weight is 398 g/mol. The molecular formula is C22H26N2O5. The van der Waals surface area contributed by atoms with Gasteiger partial charge in [-0.3, -0.25) is 4.79 Å². The third kappa shape index (κ3) is 4.37. The van der Waals surface area contributed by atoms with Crippen LogP contribution >= 0.6 is 0 Å². The number of nitrogens with zero attached hydrogens (tertiary/aromatic N) is 1. The van der Waals surface area contributed by atoms with Gasteiger partial charge in [0, 0.05) is 10.9 Å². The summed E-state index contributed by atoms with van der Waals surface area (Å²) in [7, 11) is 0. The third-order valence-corrected chi connectivity index (χ3v) is 5.34. The van der Waals surface area contributed by atoms with Crippen molar-refractivity contribution in [1.82, 2.24) is 5.32 Å². The van der Waals surface area contributed by atoms with E-state index in [0.29, 0.717) is 36.3 Å². The Balaban J connectivity index is 1.71. The molecule has 0 spiro atoms. The summed E-state index contributed by atoms with van der Waals surface area (Å²) in [5.74, 6) is -0.449. The second-order valence-corrected chi connectivity index (χ2v) is 7.44. The van der Waals surface area contributed by atoms with Crippen molar-refractivity contribution < 1.29 is 23.5 Å². The van der Waals surface area contributed by atoms with Crippen molar-refractivity contribution in [2.45, 2.75) is 64.5 Å². The van der Waals surface area contributed by atoms with Crippen LogP contribution in [0.1, 0.15) is 62.1 Å². The minimum absolute atomic E-state index is 0.0564. The predicted molar refractivity (Wildman–Crippen MR) is 107 cm³/mol. The number of hydrogen-bond donors (Lipinski definition) is 1. The van der Waals surface area contributed by atoms with Crippen LogP contribution in [-0.4, -0.2) is 30.1 Å². The number of benzene rings is 1. The van der Waals surface area contributed by atoms with Gasteiger partial charge in [-0.25, -0.2) is 4.79 Å². The molecule has 7 nitrogen and oxygen atoms in total. The number of hydrogen-bond acceptors (Lipinski definition) is 6. The Bertz CT molecular complexity index is 950. The van der Waals surface area contributed by atoms with Crippen molar-refractivity contribution in [3.63, 3.8) is 0 Å². The number of amides is 1. The van der Waals surface area contributed by atoms with Gasteiger partial charge in [0.05, 0.1) is 12.7 Å². The number of fused-ring (bicyclic) bond motifs is 1. The lowest BCUT2D eigenvalue weighted by atomic mass is 9.83. The maximum atomic E-state index is 12.6. The molecule has 1 aliphatic rings. The molecule has 1 aromatic carbocycles. The van der Waals surface area contributed by atoms with Gasteiger partial charge in [0.2, 0.25) is 5.76 Å². The molecule has 0 radical (unpaired) electrons. The number of nitrogens with one attached hydrogen (secondary N) is 1. The first-order chi connectivity index (χ1) is 13.9. The van der Waals surface area contributed by atoms with E-state index in [4.69, 9.17) is 13.9 Å². The van der Waals surface area contributed by atoms with E-state index in [2.05, 4.69) is 11.4 Å². The number of esters is 1. The first-order valence-corrected chi connectivity index (χ1v) is 9.99. The molecule has 0 aliphatic heterocycles. The number of carbonyl (C=O) groups excluding carboxylic acids is 2. The molecule has 1 aromatic heterocycles. The Morgan fingerprint density at radius 3 is 2.69 bits per heavy atom. The Morgan fingerprint density at radius 1 is 1.31 bits per heavy atom. The molecule has 0 bridgehead atoms. The predicted octanol–water partition coefficient (Wildman–Crippen LogP) is 4.03. The van der Waals surface area contributed by atoms with Crippen LogP contribution in [-0.2, 0) is 9.53 Å². The van der Waals surface area contributed by atoms with Crippen LogP contribution in [0.4, 0.5) is 0 Å². The van der Waals surface area contributed by atoms with E-state index in [0.717, 1.165) is 24.6 Å². The van der Waals surface area contributed by atoms with Gasteiger partial charge in [-0.05, 0) is 51.8 Å². The molecule has 3 rings (SSSR count). The van der Waals surface area contributed by atoms with Gasteiger partial charge in [0.1, 0.15) is 16.9 Å². The van der Waals surface area contributed by atoms with Crippen LogP contribution in [0, 0.1) is 18.3 Å². The second kappa shape index (κ2) is 8.56. The topological polar surface area (TPSA) is 102 Å². The Morgan fingerprint density at radius 2 is 2.03 bits per heavy atom. The van der Waals surface area contributed by atoms with E-state index in [1.165, 1.54) is 6.92 Å². The Hall–Kier alpha value is -3.01. The van der Waals surface area contributed by atoms with E-state index in [1.807, 2.05) is 13.0 Å². The quantitative estimate of drug-likeness (QED) is 0.737. The van der Waals surface area contributed by atoms with Crippen molar-refractivity contribution in [2.24, 2.45) is 0 Å². The summed E-state index contributed by atoms with van der Waals surface area (Å²) in [6.07, 6.45) is 3.02. The molecule has 1 aliphatic carbocycles. The fourth-order valence-electron chi connectivity index (χ4n) is 3.68. The Labute approximate surface area is 170 Å². The van der Waals surface area contributed by atoms with E-state index in [9.17, 15) is 14.9 Å². The summed E-state index contributed by atoms with van der Waals surface area (Å²) < 4.78 is 16.5. The monoisotopic (exact) mass is 398 g/mol. The molecular weight excluding hydrogens is 372 g/mol. The zero-order valence-corrected chi connectivity index (χ0v) is 17.0. The summed E-state index contributed by atoms with van der Waals surface area (Å²) in [6.45, 7) is 5.68. The number of aryl methyl sites for hydroxylation is 1. The molecule has 1 heterocycles. The fraction of sp³-hybridized carbons (Fsp3) is 0.500. The number of rotatable bonds is 6. The van der Waals surface area contributed by atoms with Crippen LogP contribution in [0.3, 0.4) is 0 Å². The SMILES string of the molecule is CCOc1ccc2oc(C(=O)O[C@@H](C)C(=O)NC3(C#N)CCCCC3)c(C)c2c1. The lowest BCUT2D eigenvalue weighted by molar-refractivity contribution is -0.130. The normalized spacial score (nSPS) is 16.6. The standard InChI is InChI=1S/C22H26N2O5/c1-4-27-16-8-9-18-17(12-16)14(2)19(29-18)21(26)28-15(3)20(25)24-22(13-23)10-6-5-7-11-22/h8-9,12,15H,4-7,10-11H2,1-3H3,(H,24,25)/t15-/m0/s1. The van der Waals surface area contributed by atoms with E-state index in [-0.39, 0.29) is 5.76 Å². The number of ether oxygens (including phenoxy) is 2.